The van der Waals surface area contributed by atoms with Gasteiger partial charge in [-0.05, 0) is 38.3 Å². The summed E-state index contributed by atoms with van der Waals surface area (Å²) in [7, 11) is 1.55. The van der Waals surface area contributed by atoms with Gasteiger partial charge in [-0.3, -0.25) is 4.79 Å². The van der Waals surface area contributed by atoms with E-state index in [4.69, 9.17) is 4.74 Å². The number of aliphatic hydroxyl groups excluding tert-OH is 1. The lowest BCUT2D eigenvalue weighted by Crippen LogP contribution is -2.28. The molecule has 0 bridgehead atoms. The van der Waals surface area contributed by atoms with E-state index in [2.05, 4.69) is 10.6 Å². The van der Waals surface area contributed by atoms with E-state index in [1.165, 1.54) is 6.42 Å². The first-order valence-electron chi connectivity index (χ1n) is 6.36. The number of carbonyl (C=O) groups is 1. The molecule has 5 nitrogen and oxygen atoms in total. The molecule has 1 amide bonds. The minimum atomic E-state index is -0.487. The summed E-state index contributed by atoms with van der Waals surface area (Å²) < 4.78 is 4.81. The lowest BCUT2D eigenvalue weighted by molar-refractivity contribution is -0.121. The van der Waals surface area contributed by atoms with Gasteiger partial charge >= 0.3 is 0 Å². The van der Waals surface area contributed by atoms with Gasteiger partial charge in [0.1, 0.15) is 0 Å². The monoisotopic (exact) mass is 244 g/mol. The van der Waals surface area contributed by atoms with Crippen LogP contribution in [0.15, 0.2) is 0 Å². The van der Waals surface area contributed by atoms with Gasteiger partial charge in [-0.1, -0.05) is 0 Å². The molecule has 0 aliphatic carbocycles. The molecule has 2 atom stereocenters. The molecule has 0 saturated carbocycles. The molecule has 3 N–H and O–H groups in total. The first kappa shape index (κ1) is 14.4. The number of aliphatic hydroxyl groups is 1. The molecule has 0 aromatic carbocycles. The third-order valence-corrected chi connectivity index (χ3v) is 3.10. The molecule has 0 radical (unpaired) electrons. The molecule has 0 aromatic rings. The zero-order valence-electron chi connectivity index (χ0n) is 10.6. The highest BCUT2D eigenvalue weighted by Gasteiger charge is 2.15. The van der Waals surface area contributed by atoms with E-state index in [0.29, 0.717) is 31.9 Å². The molecule has 17 heavy (non-hydrogen) atoms. The van der Waals surface area contributed by atoms with Gasteiger partial charge in [0.15, 0.2) is 0 Å². The van der Waals surface area contributed by atoms with Crippen LogP contribution in [0.1, 0.15) is 25.7 Å². The quantitative estimate of drug-likeness (QED) is 0.557. The fourth-order valence-electron chi connectivity index (χ4n) is 2.04. The summed E-state index contributed by atoms with van der Waals surface area (Å²) in [6, 6.07) is 0. The zero-order chi connectivity index (χ0) is 12.5. The SMILES string of the molecule is COCC(O)CCNC(=O)CCC1CCNC1. The van der Waals surface area contributed by atoms with Crippen LogP contribution in [0.3, 0.4) is 0 Å². The molecule has 100 valence electrons. The summed E-state index contributed by atoms with van der Waals surface area (Å²) in [5.41, 5.74) is 0. The van der Waals surface area contributed by atoms with Gasteiger partial charge < -0.3 is 20.5 Å². The van der Waals surface area contributed by atoms with Crippen LogP contribution in [-0.2, 0) is 9.53 Å². The van der Waals surface area contributed by atoms with Crippen LogP contribution in [0, 0.1) is 5.92 Å². The lowest BCUT2D eigenvalue weighted by atomic mass is 10.0. The van der Waals surface area contributed by atoms with Gasteiger partial charge in [0.05, 0.1) is 12.7 Å². The predicted molar refractivity (Wildman–Crippen MR) is 65.7 cm³/mol. The summed E-state index contributed by atoms with van der Waals surface area (Å²) in [4.78, 5) is 11.5. The number of nitrogens with one attached hydrogen (secondary N) is 2. The Kier molecular flexibility index (Phi) is 7.16. The van der Waals surface area contributed by atoms with Crippen molar-refractivity contribution in [3.8, 4) is 0 Å². The average Bonchev–Trinajstić information content (AvgIpc) is 2.79. The van der Waals surface area contributed by atoms with Crippen molar-refractivity contribution in [2.24, 2.45) is 5.92 Å². The first-order chi connectivity index (χ1) is 8.22. The Bertz CT molecular complexity index is 218. The van der Waals surface area contributed by atoms with Crippen molar-refractivity contribution < 1.29 is 14.6 Å². The number of hydrogen-bond donors (Lipinski definition) is 3. The maximum atomic E-state index is 11.5. The molecule has 1 fully saturated rings. The molecular formula is C12H24N2O3. The Labute approximate surface area is 103 Å². The lowest BCUT2D eigenvalue weighted by Gasteiger charge is -2.11. The van der Waals surface area contributed by atoms with Crippen LogP contribution in [-0.4, -0.2) is 50.5 Å². The van der Waals surface area contributed by atoms with Crippen LogP contribution in [0.5, 0.6) is 0 Å². The molecule has 1 aliphatic heterocycles. The normalized spacial score (nSPS) is 21.4. The smallest absolute Gasteiger partial charge is 0.220 e. The van der Waals surface area contributed by atoms with Gasteiger partial charge in [0.25, 0.3) is 0 Å². The van der Waals surface area contributed by atoms with Crippen molar-refractivity contribution in [3.63, 3.8) is 0 Å². The van der Waals surface area contributed by atoms with E-state index in [0.717, 1.165) is 19.5 Å². The number of rotatable bonds is 8. The highest BCUT2D eigenvalue weighted by molar-refractivity contribution is 5.75. The standard InChI is InChI=1S/C12H24N2O3/c1-17-9-11(15)5-7-14-12(16)3-2-10-4-6-13-8-10/h10-11,13,15H,2-9H2,1H3,(H,14,16). The molecule has 0 spiro atoms. The van der Waals surface area contributed by atoms with E-state index in [1.807, 2.05) is 0 Å². The Balaban J connectivity index is 1.97. The van der Waals surface area contributed by atoms with Crippen molar-refractivity contribution in [2.45, 2.75) is 31.8 Å². The Morgan fingerprint density at radius 3 is 3.12 bits per heavy atom. The van der Waals surface area contributed by atoms with E-state index < -0.39 is 6.10 Å². The van der Waals surface area contributed by atoms with Crippen LogP contribution in [0.4, 0.5) is 0 Å². The van der Waals surface area contributed by atoms with Crippen LogP contribution in [0.2, 0.25) is 0 Å². The minimum absolute atomic E-state index is 0.0847. The minimum Gasteiger partial charge on any atom is -0.391 e. The molecular weight excluding hydrogens is 220 g/mol. The van der Waals surface area contributed by atoms with E-state index >= 15 is 0 Å². The zero-order valence-corrected chi connectivity index (χ0v) is 10.6. The largest absolute Gasteiger partial charge is 0.391 e. The van der Waals surface area contributed by atoms with Crippen LogP contribution in [0.25, 0.3) is 0 Å². The second-order valence-electron chi connectivity index (χ2n) is 4.65. The van der Waals surface area contributed by atoms with Gasteiger partial charge in [-0.2, -0.15) is 0 Å². The fourth-order valence-corrected chi connectivity index (χ4v) is 2.04. The summed E-state index contributed by atoms with van der Waals surface area (Å²) >= 11 is 0. The van der Waals surface area contributed by atoms with Gasteiger partial charge in [-0.15, -0.1) is 0 Å². The van der Waals surface area contributed by atoms with Crippen molar-refractivity contribution in [1.82, 2.24) is 10.6 Å². The summed E-state index contributed by atoms with van der Waals surface area (Å²) in [5.74, 6) is 0.737. The van der Waals surface area contributed by atoms with Crippen LogP contribution >= 0.6 is 0 Å². The second kappa shape index (κ2) is 8.44. The molecule has 2 unspecified atom stereocenters. The molecule has 5 heteroatoms. The first-order valence-corrected chi connectivity index (χ1v) is 6.36. The van der Waals surface area contributed by atoms with Gasteiger partial charge in [0.2, 0.25) is 5.91 Å². The number of ether oxygens (including phenoxy) is 1. The second-order valence-corrected chi connectivity index (χ2v) is 4.65. The van der Waals surface area contributed by atoms with Gasteiger partial charge in [-0.25, -0.2) is 0 Å². The highest BCUT2D eigenvalue weighted by atomic mass is 16.5. The third-order valence-electron chi connectivity index (χ3n) is 3.10. The maximum absolute atomic E-state index is 11.5. The average molecular weight is 244 g/mol. The van der Waals surface area contributed by atoms with Crippen molar-refractivity contribution in [1.29, 1.82) is 0 Å². The Morgan fingerprint density at radius 1 is 1.65 bits per heavy atom. The third kappa shape index (κ3) is 6.61. The predicted octanol–water partition coefficient (Wildman–Crippen LogP) is -0.110. The fraction of sp³-hybridized carbons (Fsp3) is 0.917. The molecule has 1 aliphatic rings. The summed E-state index contributed by atoms with van der Waals surface area (Å²) in [5, 5.41) is 15.5. The molecule has 1 heterocycles. The van der Waals surface area contributed by atoms with Crippen molar-refractivity contribution >= 4 is 5.91 Å². The number of hydrogen-bond acceptors (Lipinski definition) is 4. The maximum Gasteiger partial charge on any atom is 0.220 e. The van der Waals surface area contributed by atoms with Gasteiger partial charge in [0, 0.05) is 20.1 Å². The van der Waals surface area contributed by atoms with Crippen molar-refractivity contribution in [3.05, 3.63) is 0 Å². The molecule has 0 aromatic heterocycles. The number of methoxy groups -OCH3 is 1. The topological polar surface area (TPSA) is 70.6 Å². The summed E-state index contributed by atoms with van der Waals surface area (Å²) in [6.45, 7) is 2.96. The van der Waals surface area contributed by atoms with E-state index in [1.54, 1.807) is 7.11 Å². The number of carbonyl (C=O) groups excluding carboxylic acids is 1. The van der Waals surface area contributed by atoms with E-state index in [-0.39, 0.29) is 5.91 Å². The van der Waals surface area contributed by atoms with Crippen molar-refractivity contribution in [2.75, 3.05) is 33.4 Å². The Hall–Kier alpha value is -0.650. The number of amides is 1. The van der Waals surface area contributed by atoms with E-state index in [9.17, 15) is 9.90 Å². The highest BCUT2D eigenvalue weighted by Crippen LogP contribution is 2.13. The molecule has 1 saturated heterocycles. The molecule has 1 rings (SSSR count). The van der Waals surface area contributed by atoms with Crippen LogP contribution < -0.4 is 10.6 Å². The summed E-state index contributed by atoms with van der Waals surface area (Å²) in [6.07, 6.45) is 2.79. The Morgan fingerprint density at radius 2 is 2.47 bits per heavy atom.